The number of halogens is 1. The van der Waals surface area contributed by atoms with Crippen molar-refractivity contribution >= 4 is 32.1 Å². The van der Waals surface area contributed by atoms with Crippen LogP contribution in [0, 0.1) is 6.04 Å². The molecule has 0 aromatic heterocycles. The van der Waals surface area contributed by atoms with Crippen LogP contribution in [0.4, 0.5) is 0 Å². The monoisotopic (exact) mass is 305 g/mol. The van der Waals surface area contributed by atoms with Gasteiger partial charge in [0.05, 0.1) is 0 Å². The van der Waals surface area contributed by atoms with E-state index in [2.05, 4.69) is 19.1 Å². The first-order chi connectivity index (χ1) is 3.21. The maximum atomic E-state index is 2.56. The van der Waals surface area contributed by atoms with Gasteiger partial charge in [0.15, 0.2) is 0 Å². The van der Waals surface area contributed by atoms with E-state index in [1.54, 1.807) is 0 Å². The second-order valence-corrected chi connectivity index (χ2v) is 7.97. The molecule has 3 heteroatoms. The molecule has 0 N–H and O–H groups in total. The van der Waals surface area contributed by atoms with E-state index >= 15 is 0 Å². The fourth-order valence-electron chi connectivity index (χ4n) is 1.15. The third-order valence-electron chi connectivity index (χ3n) is 1.72. The summed E-state index contributed by atoms with van der Waals surface area (Å²) in [4.78, 5) is 0. The first-order valence-electron chi connectivity index (χ1n) is 3.05. The number of rotatable bonds is 0. The molecule has 0 bridgehead atoms. The number of hydrogen-bond acceptors (Lipinski definition) is 0. The molecule has 0 aromatic rings. The first kappa shape index (κ1) is 13.2. The van der Waals surface area contributed by atoms with Crippen LogP contribution >= 0.6 is 24.0 Å². The Bertz CT molecular complexity index is 67.5. The van der Waals surface area contributed by atoms with Gasteiger partial charge >= 0.3 is 0 Å². The van der Waals surface area contributed by atoms with Crippen molar-refractivity contribution in [2.45, 2.75) is 32.0 Å². The van der Waals surface area contributed by atoms with E-state index in [4.69, 9.17) is 0 Å². The van der Waals surface area contributed by atoms with Gasteiger partial charge in [-0.1, -0.05) is 33.6 Å². The standard InChI is InChI=1S/C6H13Si.HI.Zn/c1-7(2)5-3-4-6-7;;/h5H,3-4,6H2,1-2H3;1H;/q-1;;. The Morgan fingerprint density at radius 2 is 1.89 bits per heavy atom. The third-order valence-corrected chi connectivity index (χ3v) is 4.76. The minimum absolute atomic E-state index is 0. The predicted octanol–water partition coefficient (Wildman–Crippen LogP) is 2.85. The molecule has 52 valence electrons. The second kappa shape index (κ2) is 5.25. The van der Waals surface area contributed by atoms with Crippen molar-refractivity contribution in [3.63, 3.8) is 0 Å². The van der Waals surface area contributed by atoms with E-state index in [1.165, 1.54) is 18.9 Å². The molecule has 9 heavy (non-hydrogen) atoms. The van der Waals surface area contributed by atoms with Crippen molar-refractivity contribution in [3.8, 4) is 0 Å². The normalized spacial score (nSPS) is 22.0. The smallest absolute Gasteiger partial charge is 0 e. The fourth-order valence-corrected chi connectivity index (χ4v) is 3.46. The molecule has 1 aliphatic rings. The zero-order chi connectivity index (χ0) is 5.33. The van der Waals surface area contributed by atoms with Gasteiger partial charge < -0.3 is 6.04 Å². The molecular formula is C6H14ISiZn-. The summed E-state index contributed by atoms with van der Waals surface area (Å²) in [6.07, 6.45) is 2.87. The van der Waals surface area contributed by atoms with Crippen LogP contribution in [0.25, 0.3) is 0 Å². The van der Waals surface area contributed by atoms with Gasteiger partial charge in [-0.3, -0.25) is 0 Å². The molecule has 1 saturated heterocycles. The summed E-state index contributed by atoms with van der Waals surface area (Å²) in [5.41, 5.74) is 0. The van der Waals surface area contributed by atoms with Crippen molar-refractivity contribution < 1.29 is 19.5 Å². The Morgan fingerprint density at radius 1 is 1.33 bits per heavy atom. The zero-order valence-electron chi connectivity index (χ0n) is 6.31. The second-order valence-electron chi connectivity index (χ2n) is 3.08. The quantitative estimate of drug-likeness (QED) is 0.367. The molecule has 0 spiro atoms. The molecule has 0 nitrogen and oxygen atoms in total. The predicted molar refractivity (Wildman–Crippen MR) is 51.2 cm³/mol. The summed E-state index contributed by atoms with van der Waals surface area (Å²) in [6.45, 7) is 4.89. The van der Waals surface area contributed by atoms with Gasteiger partial charge in [-0.25, -0.2) is 0 Å². The molecule has 0 atom stereocenters. The van der Waals surface area contributed by atoms with Crippen molar-refractivity contribution in [1.82, 2.24) is 0 Å². The van der Waals surface area contributed by atoms with Gasteiger partial charge in [-0.15, -0.1) is 24.0 Å². The minimum atomic E-state index is -0.665. The Balaban J connectivity index is 0. The van der Waals surface area contributed by atoms with Crippen LogP contribution < -0.4 is 0 Å². The van der Waals surface area contributed by atoms with Crippen molar-refractivity contribution in [3.05, 3.63) is 6.04 Å². The van der Waals surface area contributed by atoms with Crippen LogP contribution in [0.3, 0.4) is 0 Å². The van der Waals surface area contributed by atoms with Crippen LogP contribution in [-0.2, 0) is 19.5 Å². The Hall–Kier alpha value is 1.57. The maximum absolute atomic E-state index is 2.56. The third kappa shape index (κ3) is 4.91. The minimum Gasteiger partial charge on any atom is -0.327 e. The van der Waals surface area contributed by atoms with Crippen LogP contribution in [0.1, 0.15) is 12.8 Å². The zero-order valence-corrected chi connectivity index (χ0v) is 12.6. The molecule has 0 amide bonds. The molecule has 1 rings (SSSR count). The summed E-state index contributed by atoms with van der Waals surface area (Å²) >= 11 is 0. The van der Waals surface area contributed by atoms with E-state index in [0.29, 0.717) is 0 Å². The SMILES string of the molecule is C[Si]1(C)[CH-]CCC1.I.[Zn]. The summed E-state index contributed by atoms with van der Waals surface area (Å²) in [5, 5.41) is 0. The molecular weight excluding hydrogens is 292 g/mol. The van der Waals surface area contributed by atoms with Crippen molar-refractivity contribution in [1.29, 1.82) is 0 Å². The summed E-state index contributed by atoms with van der Waals surface area (Å²) in [5.74, 6) is 0. The molecule has 1 heterocycles. The topological polar surface area (TPSA) is 0 Å². The van der Waals surface area contributed by atoms with E-state index in [9.17, 15) is 0 Å². The molecule has 0 radical (unpaired) electrons. The molecule has 0 aromatic carbocycles. The van der Waals surface area contributed by atoms with Crippen molar-refractivity contribution in [2.75, 3.05) is 0 Å². The van der Waals surface area contributed by atoms with Crippen LogP contribution in [-0.4, -0.2) is 8.07 Å². The van der Waals surface area contributed by atoms with Crippen LogP contribution in [0.5, 0.6) is 0 Å². The van der Waals surface area contributed by atoms with E-state index in [0.717, 1.165) is 0 Å². The Labute approximate surface area is 89.0 Å². The van der Waals surface area contributed by atoms with Crippen LogP contribution in [0.2, 0.25) is 19.1 Å². The van der Waals surface area contributed by atoms with Gasteiger partial charge in [-0.05, 0) is 0 Å². The average Bonchev–Trinajstić information content (AvgIpc) is 1.84. The molecule has 1 aliphatic heterocycles. The summed E-state index contributed by atoms with van der Waals surface area (Å²) in [6, 6.07) is 4.10. The van der Waals surface area contributed by atoms with E-state index in [-0.39, 0.29) is 43.5 Å². The molecule has 0 aliphatic carbocycles. The fraction of sp³-hybridized carbons (Fsp3) is 0.833. The molecule has 1 fully saturated rings. The summed E-state index contributed by atoms with van der Waals surface area (Å²) < 4.78 is 0. The van der Waals surface area contributed by atoms with E-state index < -0.39 is 8.07 Å². The number of hydrogen-bond donors (Lipinski definition) is 0. The molecule has 0 unspecified atom stereocenters. The van der Waals surface area contributed by atoms with Gasteiger partial charge in [0.2, 0.25) is 0 Å². The Kier molecular flexibility index (Phi) is 7.69. The maximum Gasteiger partial charge on any atom is 0 e. The van der Waals surface area contributed by atoms with Gasteiger partial charge in [0.1, 0.15) is 0 Å². The Morgan fingerprint density at radius 3 is 2.00 bits per heavy atom. The summed E-state index contributed by atoms with van der Waals surface area (Å²) in [7, 11) is -0.665. The van der Waals surface area contributed by atoms with Gasteiger partial charge in [0.25, 0.3) is 0 Å². The molecule has 0 saturated carbocycles. The van der Waals surface area contributed by atoms with Crippen LogP contribution in [0.15, 0.2) is 0 Å². The first-order valence-corrected chi connectivity index (χ1v) is 6.33. The van der Waals surface area contributed by atoms with Gasteiger partial charge in [0, 0.05) is 19.5 Å². The van der Waals surface area contributed by atoms with Gasteiger partial charge in [-0.2, -0.15) is 6.42 Å². The van der Waals surface area contributed by atoms with E-state index in [1.807, 2.05) is 0 Å². The van der Waals surface area contributed by atoms with Crippen molar-refractivity contribution in [2.24, 2.45) is 0 Å². The largest absolute Gasteiger partial charge is 0.327 e. The average molecular weight is 307 g/mol.